The molecule has 1 aromatic rings. The fourth-order valence-corrected chi connectivity index (χ4v) is 2.66. The van der Waals surface area contributed by atoms with Gasteiger partial charge in [-0.05, 0) is 37.0 Å². The van der Waals surface area contributed by atoms with Crippen LogP contribution in [0, 0.1) is 28.5 Å². The maximum Gasteiger partial charge on any atom is 0.125 e. The van der Waals surface area contributed by atoms with Gasteiger partial charge in [0.15, 0.2) is 0 Å². The van der Waals surface area contributed by atoms with Crippen molar-refractivity contribution in [2.75, 3.05) is 18.0 Å². The van der Waals surface area contributed by atoms with Crippen molar-refractivity contribution in [1.82, 2.24) is 0 Å². The van der Waals surface area contributed by atoms with Gasteiger partial charge in [0.1, 0.15) is 5.82 Å². The first-order chi connectivity index (χ1) is 8.57. The van der Waals surface area contributed by atoms with Crippen LogP contribution < -0.4 is 4.90 Å². The molecular formula is C15H19FN2. The molecule has 1 heterocycles. The van der Waals surface area contributed by atoms with Crippen LogP contribution in [-0.4, -0.2) is 13.1 Å². The Hall–Kier alpha value is -1.56. The zero-order valence-corrected chi connectivity index (χ0v) is 11.0. The molecule has 3 heteroatoms. The lowest BCUT2D eigenvalue weighted by atomic mass is 9.71. The molecule has 0 spiro atoms. The number of rotatable bonds is 2. The number of nitriles is 1. The summed E-state index contributed by atoms with van der Waals surface area (Å²) in [5.41, 5.74) is 0.717. The van der Waals surface area contributed by atoms with Crippen LogP contribution in [-0.2, 0) is 0 Å². The van der Waals surface area contributed by atoms with E-state index in [1.54, 1.807) is 12.1 Å². The van der Waals surface area contributed by atoms with Crippen molar-refractivity contribution in [1.29, 1.82) is 5.26 Å². The third-order valence-corrected chi connectivity index (χ3v) is 4.16. The molecule has 0 amide bonds. The standard InChI is InChI=1S/C15H19FN2/c1-12(2)15(11-17)6-8-18(9-7-15)14-5-3-4-13(16)10-14/h3-5,10,12H,6-9H2,1-2H3. The van der Waals surface area contributed by atoms with E-state index in [9.17, 15) is 9.65 Å². The van der Waals surface area contributed by atoms with E-state index in [2.05, 4.69) is 24.8 Å². The van der Waals surface area contributed by atoms with Crippen molar-refractivity contribution < 1.29 is 4.39 Å². The summed E-state index contributed by atoms with van der Waals surface area (Å²) in [5.74, 6) is 0.172. The van der Waals surface area contributed by atoms with Crippen molar-refractivity contribution in [3.63, 3.8) is 0 Å². The number of hydrogen-bond acceptors (Lipinski definition) is 2. The van der Waals surface area contributed by atoms with Gasteiger partial charge in [0, 0.05) is 18.8 Å². The predicted octanol–water partition coefficient (Wildman–Crippen LogP) is 3.59. The van der Waals surface area contributed by atoms with Gasteiger partial charge in [-0.2, -0.15) is 5.26 Å². The molecule has 1 aliphatic rings. The fraction of sp³-hybridized carbons (Fsp3) is 0.533. The molecule has 0 unspecified atom stereocenters. The molecule has 0 bridgehead atoms. The molecule has 18 heavy (non-hydrogen) atoms. The van der Waals surface area contributed by atoms with E-state index in [1.165, 1.54) is 6.07 Å². The highest BCUT2D eigenvalue weighted by atomic mass is 19.1. The van der Waals surface area contributed by atoms with Gasteiger partial charge in [0.25, 0.3) is 0 Å². The number of benzene rings is 1. The van der Waals surface area contributed by atoms with Crippen LogP contribution in [0.15, 0.2) is 24.3 Å². The number of hydrogen-bond donors (Lipinski definition) is 0. The normalized spacial score (nSPS) is 18.7. The second kappa shape index (κ2) is 4.97. The van der Waals surface area contributed by atoms with Gasteiger partial charge in [-0.15, -0.1) is 0 Å². The van der Waals surface area contributed by atoms with Crippen molar-refractivity contribution in [3.8, 4) is 6.07 Å². The third-order valence-electron chi connectivity index (χ3n) is 4.16. The van der Waals surface area contributed by atoms with Crippen molar-refractivity contribution in [3.05, 3.63) is 30.1 Å². The number of halogens is 1. The van der Waals surface area contributed by atoms with E-state index < -0.39 is 0 Å². The lowest BCUT2D eigenvalue weighted by Crippen LogP contribution is -2.42. The minimum Gasteiger partial charge on any atom is -0.371 e. The molecule has 1 saturated heterocycles. The van der Waals surface area contributed by atoms with Crippen LogP contribution in [0.3, 0.4) is 0 Å². The average molecular weight is 246 g/mol. The molecule has 96 valence electrons. The van der Waals surface area contributed by atoms with Crippen LogP contribution in [0.25, 0.3) is 0 Å². The summed E-state index contributed by atoms with van der Waals surface area (Å²) < 4.78 is 13.2. The topological polar surface area (TPSA) is 27.0 Å². The molecule has 1 aliphatic heterocycles. The lowest BCUT2D eigenvalue weighted by Gasteiger charge is -2.40. The quantitative estimate of drug-likeness (QED) is 0.797. The van der Waals surface area contributed by atoms with Gasteiger partial charge >= 0.3 is 0 Å². The highest BCUT2D eigenvalue weighted by molar-refractivity contribution is 5.47. The Balaban J connectivity index is 2.09. The van der Waals surface area contributed by atoms with E-state index in [1.807, 2.05) is 6.07 Å². The van der Waals surface area contributed by atoms with Crippen molar-refractivity contribution in [2.45, 2.75) is 26.7 Å². The monoisotopic (exact) mass is 246 g/mol. The van der Waals surface area contributed by atoms with Crippen LogP contribution in [0.5, 0.6) is 0 Å². The van der Waals surface area contributed by atoms with Crippen LogP contribution in [0.2, 0.25) is 0 Å². The Kier molecular flexibility index (Phi) is 3.56. The predicted molar refractivity (Wildman–Crippen MR) is 70.7 cm³/mol. The third kappa shape index (κ3) is 2.33. The molecule has 2 rings (SSSR count). The van der Waals surface area contributed by atoms with Gasteiger partial charge in [-0.25, -0.2) is 4.39 Å². The molecule has 0 aromatic heterocycles. The van der Waals surface area contributed by atoms with Gasteiger partial charge in [0.05, 0.1) is 11.5 Å². The number of anilines is 1. The number of nitrogens with zero attached hydrogens (tertiary/aromatic N) is 2. The summed E-state index contributed by atoms with van der Waals surface area (Å²) in [5, 5.41) is 9.38. The molecular weight excluding hydrogens is 227 g/mol. The Morgan fingerprint density at radius 1 is 1.33 bits per heavy atom. The Bertz CT molecular complexity index is 454. The molecule has 0 radical (unpaired) electrons. The second-order valence-electron chi connectivity index (χ2n) is 5.39. The van der Waals surface area contributed by atoms with E-state index in [4.69, 9.17) is 0 Å². The van der Waals surface area contributed by atoms with Gasteiger partial charge < -0.3 is 4.90 Å². The highest BCUT2D eigenvalue weighted by Crippen LogP contribution is 2.39. The second-order valence-corrected chi connectivity index (χ2v) is 5.39. The zero-order valence-electron chi connectivity index (χ0n) is 11.0. The SMILES string of the molecule is CC(C)C1(C#N)CCN(c2cccc(F)c2)CC1. The molecule has 0 atom stereocenters. The minimum atomic E-state index is -0.205. The molecule has 2 nitrogen and oxygen atoms in total. The zero-order chi connectivity index (χ0) is 13.2. The van der Waals surface area contributed by atoms with Gasteiger partial charge in [-0.3, -0.25) is 0 Å². The average Bonchev–Trinajstić information content (AvgIpc) is 2.38. The van der Waals surface area contributed by atoms with E-state index >= 15 is 0 Å². The summed E-state index contributed by atoms with van der Waals surface area (Å²) in [6.07, 6.45) is 1.72. The number of piperidine rings is 1. The van der Waals surface area contributed by atoms with Crippen LogP contribution in [0.1, 0.15) is 26.7 Å². The molecule has 0 aliphatic carbocycles. The van der Waals surface area contributed by atoms with Crippen molar-refractivity contribution in [2.24, 2.45) is 11.3 Å². The van der Waals surface area contributed by atoms with Gasteiger partial charge in [0.2, 0.25) is 0 Å². The van der Waals surface area contributed by atoms with Crippen molar-refractivity contribution >= 4 is 5.69 Å². The maximum atomic E-state index is 13.2. The lowest BCUT2D eigenvalue weighted by molar-refractivity contribution is 0.217. The highest BCUT2D eigenvalue weighted by Gasteiger charge is 2.37. The van der Waals surface area contributed by atoms with E-state index in [0.29, 0.717) is 5.92 Å². The minimum absolute atomic E-state index is 0.200. The fourth-order valence-electron chi connectivity index (χ4n) is 2.66. The first kappa shape index (κ1) is 12.9. The van der Waals surface area contributed by atoms with Crippen LogP contribution in [0.4, 0.5) is 10.1 Å². The van der Waals surface area contributed by atoms with Gasteiger partial charge in [-0.1, -0.05) is 19.9 Å². The molecule has 0 N–H and O–H groups in total. The summed E-state index contributed by atoms with van der Waals surface area (Å²) >= 11 is 0. The molecule has 1 fully saturated rings. The summed E-state index contributed by atoms with van der Waals surface area (Å²) in [6.45, 7) is 5.88. The largest absolute Gasteiger partial charge is 0.371 e. The summed E-state index contributed by atoms with van der Waals surface area (Å²) in [4.78, 5) is 2.17. The summed E-state index contributed by atoms with van der Waals surface area (Å²) in [6, 6.07) is 9.19. The first-order valence-corrected chi connectivity index (χ1v) is 6.49. The molecule has 1 aromatic carbocycles. The van der Waals surface area contributed by atoms with E-state index in [0.717, 1.165) is 31.6 Å². The van der Waals surface area contributed by atoms with Crippen LogP contribution >= 0.6 is 0 Å². The Morgan fingerprint density at radius 2 is 2.00 bits per heavy atom. The summed E-state index contributed by atoms with van der Waals surface area (Å²) in [7, 11) is 0. The Labute approximate surface area is 108 Å². The van der Waals surface area contributed by atoms with E-state index in [-0.39, 0.29) is 11.2 Å². The molecule has 0 saturated carbocycles. The Morgan fingerprint density at radius 3 is 2.50 bits per heavy atom. The first-order valence-electron chi connectivity index (χ1n) is 6.49. The smallest absolute Gasteiger partial charge is 0.125 e. The maximum absolute atomic E-state index is 13.2.